The smallest absolute Gasteiger partial charge is 0.259 e. The average Bonchev–Trinajstić information content (AvgIpc) is 3.02. The monoisotopic (exact) mass is 522 g/mol. The van der Waals surface area contributed by atoms with Crippen molar-refractivity contribution in [2.75, 3.05) is 19.1 Å². The van der Waals surface area contributed by atoms with Crippen molar-refractivity contribution in [3.8, 4) is 17.2 Å². The number of para-hydroxylation sites is 1. The standard InChI is InChI=1S/C32H30N2O5/c1-21-12-14-22(15-13-21)19-33-31(35)30-28-10-6-7-11-29(28)39-20-23-8-4-5-9-27(23)32(36)34(30)24-16-25(37-2)18-26(17-24)38-3/h4-18,30H,19-20H2,1-3H3,(H,33,35). The predicted molar refractivity (Wildman–Crippen MR) is 149 cm³/mol. The van der Waals surface area contributed by atoms with Crippen molar-refractivity contribution in [1.82, 2.24) is 5.32 Å². The highest BCUT2D eigenvalue weighted by atomic mass is 16.5. The highest BCUT2D eigenvalue weighted by Gasteiger charge is 2.37. The Morgan fingerprint density at radius 2 is 1.59 bits per heavy atom. The van der Waals surface area contributed by atoms with Crippen LogP contribution in [0.2, 0.25) is 0 Å². The van der Waals surface area contributed by atoms with Crippen LogP contribution in [-0.2, 0) is 17.9 Å². The second kappa shape index (κ2) is 11.3. The van der Waals surface area contributed by atoms with Gasteiger partial charge in [0.05, 0.1) is 19.9 Å². The molecule has 0 aliphatic carbocycles. The molecule has 1 atom stereocenters. The molecule has 7 nitrogen and oxygen atoms in total. The zero-order valence-corrected chi connectivity index (χ0v) is 22.1. The molecular formula is C32H30N2O5. The Bertz CT molecular complexity index is 1480. The SMILES string of the molecule is COc1cc(OC)cc(N2C(=O)c3ccccc3COc3ccccc3C2C(=O)NCc2ccc(C)cc2)c1. The number of hydrogen-bond donors (Lipinski definition) is 1. The van der Waals surface area contributed by atoms with Crippen molar-refractivity contribution >= 4 is 17.5 Å². The summed E-state index contributed by atoms with van der Waals surface area (Å²) in [7, 11) is 3.09. The molecule has 0 radical (unpaired) electrons. The fourth-order valence-electron chi connectivity index (χ4n) is 4.68. The van der Waals surface area contributed by atoms with E-state index in [-0.39, 0.29) is 18.4 Å². The molecule has 0 saturated carbocycles. The molecule has 4 aromatic rings. The number of aryl methyl sites for hydroxylation is 1. The third-order valence-corrected chi connectivity index (χ3v) is 6.77. The van der Waals surface area contributed by atoms with Gasteiger partial charge in [0.15, 0.2) is 0 Å². The lowest BCUT2D eigenvalue weighted by atomic mass is 9.99. The van der Waals surface area contributed by atoms with Crippen LogP contribution in [0.4, 0.5) is 5.69 Å². The van der Waals surface area contributed by atoms with Gasteiger partial charge in [-0.25, -0.2) is 0 Å². The molecule has 0 aromatic heterocycles. The van der Waals surface area contributed by atoms with Crippen LogP contribution in [0.15, 0.2) is 91.0 Å². The minimum Gasteiger partial charge on any atom is -0.497 e. The molecule has 5 rings (SSSR count). The summed E-state index contributed by atoms with van der Waals surface area (Å²) in [6, 6.07) is 26.7. The molecule has 39 heavy (non-hydrogen) atoms. The van der Waals surface area contributed by atoms with Gasteiger partial charge >= 0.3 is 0 Å². The first-order chi connectivity index (χ1) is 19.0. The zero-order chi connectivity index (χ0) is 27.4. The van der Waals surface area contributed by atoms with Crippen molar-refractivity contribution < 1.29 is 23.8 Å². The van der Waals surface area contributed by atoms with E-state index in [0.717, 1.165) is 16.7 Å². The largest absolute Gasteiger partial charge is 0.497 e. The maximum absolute atomic E-state index is 14.4. The second-order valence-electron chi connectivity index (χ2n) is 9.34. The van der Waals surface area contributed by atoms with E-state index >= 15 is 0 Å². The first-order valence-electron chi connectivity index (χ1n) is 12.7. The number of nitrogens with one attached hydrogen (secondary N) is 1. The van der Waals surface area contributed by atoms with Gasteiger partial charge in [0.25, 0.3) is 5.91 Å². The summed E-state index contributed by atoms with van der Waals surface area (Å²) in [5.41, 5.74) is 4.28. The van der Waals surface area contributed by atoms with E-state index < -0.39 is 6.04 Å². The summed E-state index contributed by atoms with van der Waals surface area (Å²) in [6.07, 6.45) is 0. The Labute approximate surface area is 227 Å². The number of rotatable bonds is 6. The van der Waals surface area contributed by atoms with Gasteiger partial charge in [-0.3, -0.25) is 14.5 Å². The number of amides is 2. The van der Waals surface area contributed by atoms with Crippen LogP contribution >= 0.6 is 0 Å². The molecule has 1 aliphatic heterocycles. The van der Waals surface area contributed by atoms with Crippen LogP contribution in [0, 0.1) is 6.92 Å². The molecule has 1 N–H and O–H groups in total. The van der Waals surface area contributed by atoms with Crippen molar-refractivity contribution in [1.29, 1.82) is 0 Å². The van der Waals surface area contributed by atoms with Gasteiger partial charge in [-0.05, 0) is 24.6 Å². The number of methoxy groups -OCH3 is 2. The fraction of sp³-hybridized carbons (Fsp3) is 0.188. The summed E-state index contributed by atoms with van der Waals surface area (Å²) in [5.74, 6) is 0.831. The van der Waals surface area contributed by atoms with Crippen molar-refractivity contribution in [2.24, 2.45) is 0 Å². The van der Waals surface area contributed by atoms with Crippen molar-refractivity contribution in [2.45, 2.75) is 26.1 Å². The molecule has 0 bridgehead atoms. The number of nitrogens with zero attached hydrogens (tertiary/aromatic N) is 1. The lowest BCUT2D eigenvalue weighted by Gasteiger charge is -2.32. The number of fused-ring (bicyclic) bond motifs is 2. The summed E-state index contributed by atoms with van der Waals surface area (Å²) >= 11 is 0. The second-order valence-corrected chi connectivity index (χ2v) is 9.34. The molecule has 1 aliphatic rings. The van der Waals surface area contributed by atoms with Crippen molar-refractivity contribution in [3.63, 3.8) is 0 Å². The normalized spacial score (nSPS) is 14.6. The maximum atomic E-state index is 14.4. The Morgan fingerprint density at radius 1 is 0.923 bits per heavy atom. The molecule has 0 spiro atoms. The van der Waals surface area contributed by atoms with Gasteiger partial charge in [-0.1, -0.05) is 66.2 Å². The van der Waals surface area contributed by atoms with Gasteiger partial charge in [-0.2, -0.15) is 0 Å². The van der Waals surface area contributed by atoms with Crippen LogP contribution < -0.4 is 24.4 Å². The first-order valence-corrected chi connectivity index (χ1v) is 12.7. The molecule has 198 valence electrons. The van der Waals surface area contributed by atoms with E-state index in [0.29, 0.717) is 40.6 Å². The molecule has 0 fully saturated rings. The molecule has 1 heterocycles. The van der Waals surface area contributed by atoms with E-state index in [1.165, 1.54) is 4.90 Å². The van der Waals surface area contributed by atoms with E-state index in [2.05, 4.69) is 5.32 Å². The quantitative estimate of drug-likeness (QED) is 0.356. The molecule has 2 amide bonds. The predicted octanol–water partition coefficient (Wildman–Crippen LogP) is 5.61. The molecule has 4 aromatic carbocycles. The molecule has 7 heteroatoms. The average molecular weight is 523 g/mol. The Morgan fingerprint density at radius 3 is 2.31 bits per heavy atom. The Hall–Kier alpha value is -4.78. The van der Waals surface area contributed by atoms with Gasteiger partial charge < -0.3 is 19.5 Å². The van der Waals surface area contributed by atoms with Crippen molar-refractivity contribution in [3.05, 3.63) is 119 Å². The molecular weight excluding hydrogens is 492 g/mol. The third kappa shape index (κ3) is 5.43. The Kier molecular flexibility index (Phi) is 7.50. The van der Waals surface area contributed by atoms with E-state index in [4.69, 9.17) is 14.2 Å². The van der Waals surface area contributed by atoms with Crippen LogP contribution in [0.1, 0.15) is 38.7 Å². The number of benzene rings is 4. The summed E-state index contributed by atoms with van der Waals surface area (Å²) in [4.78, 5) is 30.0. The minimum atomic E-state index is -1.04. The van der Waals surface area contributed by atoms with Crippen LogP contribution in [0.25, 0.3) is 0 Å². The first kappa shape index (κ1) is 25.9. The minimum absolute atomic E-state index is 0.186. The maximum Gasteiger partial charge on any atom is 0.259 e. The van der Waals surface area contributed by atoms with E-state index in [9.17, 15) is 9.59 Å². The molecule has 1 unspecified atom stereocenters. The van der Waals surface area contributed by atoms with E-state index in [1.54, 1.807) is 44.6 Å². The van der Waals surface area contributed by atoms with Crippen LogP contribution in [0.5, 0.6) is 17.2 Å². The van der Waals surface area contributed by atoms with Gasteiger partial charge in [-0.15, -0.1) is 0 Å². The lowest BCUT2D eigenvalue weighted by molar-refractivity contribution is -0.122. The topological polar surface area (TPSA) is 77.1 Å². The van der Waals surface area contributed by atoms with Gasteiger partial charge in [0.1, 0.15) is 29.9 Å². The zero-order valence-electron chi connectivity index (χ0n) is 22.1. The Balaban J connectivity index is 1.68. The number of carbonyl (C=O) groups is 2. The highest BCUT2D eigenvalue weighted by molar-refractivity contribution is 6.11. The molecule has 0 saturated heterocycles. The fourth-order valence-corrected chi connectivity index (χ4v) is 4.68. The third-order valence-electron chi connectivity index (χ3n) is 6.77. The van der Waals surface area contributed by atoms with Crippen LogP contribution in [-0.4, -0.2) is 26.0 Å². The number of carbonyl (C=O) groups excluding carboxylic acids is 2. The summed E-state index contributed by atoms with van der Waals surface area (Å²) in [5, 5.41) is 3.05. The summed E-state index contributed by atoms with van der Waals surface area (Å²) < 4.78 is 17.2. The van der Waals surface area contributed by atoms with Gasteiger partial charge in [0.2, 0.25) is 5.91 Å². The number of hydrogen-bond acceptors (Lipinski definition) is 5. The van der Waals surface area contributed by atoms with Gasteiger partial charge in [0, 0.05) is 41.4 Å². The highest BCUT2D eigenvalue weighted by Crippen LogP contribution is 2.39. The number of ether oxygens (including phenoxy) is 3. The van der Waals surface area contributed by atoms with Crippen LogP contribution in [0.3, 0.4) is 0 Å². The summed E-state index contributed by atoms with van der Waals surface area (Å²) in [6.45, 7) is 2.51. The lowest BCUT2D eigenvalue weighted by Crippen LogP contribution is -2.44. The number of anilines is 1. The van der Waals surface area contributed by atoms with E-state index in [1.807, 2.05) is 67.6 Å².